The van der Waals surface area contributed by atoms with E-state index in [4.69, 9.17) is 15.2 Å². The number of carbonyl (C=O) groups is 2. The molecular formula is C26H25N2O4+. The lowest BCUT2D eigenvalue weighted by molar-refractivity contribution is -0.486. The van der Waals surface area contributed by atoms with Crippen LogP contribution in [-0.4, -0.2) is 18.6 Å². The molecule has 0 unspecified atom stereocenters. The first-order chi connectivity index (χ1) is 15.4. The number of fused-ring (bicyclic) bond motifs is 1. The number of nitrogens with two attached hydrogens (primary N) is 2. The average Bonchev–Trinajstić information content (AvgIpc) is 3.46. The van der Waals surface area contributed by atoms with Crippen LogP contribution in [0.4, 0.5) is 5.69 Å². The largest absolute Gasteiger partial charge is 0.454 e. The van der Waals surface area contributed by atoms with E-state index in [0.29, 0.717) is 11.3 Å². The van der Waals surface area contributed by atoms with Gasteiger partial charge in [-0.1, -0.05) is 24.3 Å². The van der Waals surface area contributed by atoms with Crippen molar-refractivity contribution in [2.75, 3.05) is 6.79 Å². The van der Waals surface area contributed by atoms with Crippen molar-refractivity contribution in [3.8, 4) is 22.6 Å². The van der Waals surface area contributed by atoms with E-state index in [9.17, 15) is 9.59 Å². The Kier molecular flexibility index (Phi) is 4.75. The van der Waals surface area contributed by atoms with Crippen molar-refractivity contribution in [2.24, 2.45) is 5.73 Å². The highest BCUT2D eigenvalue weighted by Gasteiger charge is 2.54. The molecule has 0 spiro atoms. The van der Waals surface area contributed by atoms with Crippen LogP contribution in [0.15, 0.2) is 54.6 Å². The first-order valence-corrected chi connectivity index (χ1v) is 10.7. The van der Waals surface area contributed by atoms with Crippen molar-refractivity contribution < 1.29 is 24.4 Å². The van der Waals surface area contributed by atoms with E-state index in [1.165, 1.54) is 0 Å². The van der Waals surface area contributed by atoms with Gasteiger partial charge in [0.2, 0.25) is 12.7 Å². The number of aryl methyl sites for hydroxylation is 2. The van der Waals surface area contributed by atoms with Gasteiger partial charge in [0.1, 0.15) is 11.1 Å². The molecule has 1 saturated carbocycles. The molecule has 3 aromatic carbocycles. The monoisotopic (exact) mass is 429 g/mol. The zero-order valence-electron chi connectivity index (χ0n) is 18.1. The number of amides is 2. The molecule has 6 nitrogen and oxygen atoms in total. The van der Waals surface area contributed by atoms with E-state index < -0.39 is 11.3 Å². The lowest BCUT2D eigenvalue weighted by Gasteiger charge is -2.14. The molecule has 5 rings (SSSR count). The molecule has 2 amide bonds. The number of quaternary nitrogens is 1. The van der Waals surface area contributed by atoms with Gasteiger partial charge in [-0.05, 0) is 78.8 Å². The van der Waals surface area contributed by atoms with Crippen molar-refractivity contribution >= 4 is 17.5 Å². The Hall–Kier alpha value is -3.64. The van der Waals surface area contributed by atoms with E-state index in [1.807, 2.05) is 68.4 Å². The Morgan fingerprint density at radius 2 is 1.66 bits per heavy atom. The van der Waals surface area contributed by atoms with Crippen LogP contribution in [0.1, 0.15) is 39.9 Å². The summed E-state index contributed by atoms with van der Waals surface area (Å²) in [6, 6.07) is 17.4. The minimum Gasteiger partial charge on any atom is -0.454 e. The van der Waals surface area contributed by atoms with Gasteiger partial charge in [0.15, 0.2) is 11.5 Å². The maximum absolute atomic E-state index is 13.3. The molecule has 162 valence electrons. The predicted octanol–water partition coefficient (Wildman–Crippen LogP) is 3.25. The van der Waals surface area contributed by atoms with Crippen LogP contribution in [0.3, 0.4) is 0 Å². The molecule has 1 fully saturated rings. The van der Waals surface area contributed by atoms with Gasteiger partial charge in [-0.25, -0.2) is 4.79 Å². The molecule has 4 N–H and O–H groups in total. The summed E-state index contributed by atoms with van der Waals surface area (Å²) in [6.07, 6.45) is 1.64. The highest BCUT2D eigenvalue weighted by Crippen LogP contribution is 2.50. The quantitative estimate of drug-likeness (QED) is 0.609. The Labute approximate surface area is 186 Å². The fourth-order valence-electron chi connectivity index (χ4n) is 4.38. The first kappa shape index (κ1) is 20.3. The van der Waals surface area contributed by atoms with Crippen LogP contribution in [0.2, 0.25) is 0 Å². The number of hydrogen-bond donors (Lipinski definition) is 2. The van der Waals surface area contributed by atoms with Crippen molar-refractivity contribution in [3.05, 3.63) is 76.9 Å². The summed E-state index contributed by atoms with van der Waals surface area (Å²) in [5.41, 5.74) is 11.1. The molecule has 0 saturated heterocycles. The van der Waals surface area contributed by atoms with E-state index in [0.717, 1.165) is 52.1 Å². The molecule has 2 aliphatic rings. The molecule has 0 radical (unpaired) electrons. The lowest BCUT2D eigenvalue weighted by atomic mass is 9.93. The van der Waals surface area contributed by atoms with Gasteiger partial charge in [0.25, 0.3) is 0 Å². The van der Waals surface area contributed by atoms with Crippen LogP contribution < -0.4 is 20.5 Å². The minimum absolute atomic E-state index is 0.0906. The number of primary amides is 2. The third kappa shape index (κ3) is 3.42. The van der Waals surface area contributed by atoms with Crippen LogP contribution in [-0.2, 0) is 10.2 Å². The second kappa shape index (κ2) is 7.50. The zero-order valence-corrected chi connectivity index (χ0v) is 18.1. The number of benzene rings is 3. The van der Waals surface area contributed by atoms with E-state index in [-0.39, 0.29) is 12.7 Å². The molecule has 1 aliphatic carbocycles. The molecule has 6 heteroatoms. The van der Waals surface area contributed by atoms with Crippen molar-refractivity contribution in [3.63, 3.8) is 0 Å². The summed E-state index contributed by atoms with van der Waals surface area (Å²) < 4.78 is 10.9. The highest BCUT2D eigenvalue weighted by molar-refractivity contribution is 5.96. The molecule has 0 atom stereocenters. The fourth-order valence-corrected chi connectivity index (χ4v) is 4.38. The van der Waals surface area contributed by atoms with E-state index in [1.54, 1.807) is 5.32 Å². The van der Waals surface area contributed by atoms with Crippen LogP contribution in [0, 0.1) is 13.8 Å². The second-order valence-electron chi connectivity index (χ2n) is 8.63. The van der Waals surface area contributed by atoms with Gasteiger partial charge >= 0.3 is 5.91 Å². The van der Waals surface area contributed by atoms with Gasteiger partial charge in [0.05, 0.1) is 0 Å². The van der Waals surface area contributed by atoms with Crippen molar-refractivity contribution in [1.82, 2.24) is 0 Å². The smallest absolute Gasteiger partial charge is 0.326 e. The van der Waals surface area contributed by atoms with Gasteiger partial charge in [-0.15, -0.1) is 0 Å². The molecule has 0 bridgehead atoms. The Bertz CT molecular complexity index is 1260. The lowest BCUT2D eigenvalue weighted by Crippen LogP contribution is -2.85. The normalized spacial score (nSPS) is 15.4. The molecule has 32 heavy (non-hydrogen) atoms. The number of rotatable bonds is 5. The van der Waals surface area contributed by atoms with Crippen LogP contribution in [0.25, 0.3) is 11.1 Å². The SMILES string of the molecule is Cc1ccc(-c2cc([NH2+]C(=O)C3(c4ccc5c(c4)OCO5)CC3)ccc2C)cc1C(N)=O. The molecular weight excluding hydrogens is 404 g/mol. The number of ether oxygens (including phenoxy) is 2. The zero-order chi connectivity index (χ0) is 22.5. The topological polar surface area (TPSA) is 95.2 Å². The minimum atomic E-state index is -0.491. The second-order valence-corrected chi connectivity index (χ2v) is 8.63. The van der Waals surface area contributed by atoms with Gasteiger partial charge in [-0.2, -0.15) is 0 Å². The average molecular weight is 429 g/mol. The summed E-state index contributed by atoms with van der Waals surface area (Å²) in [5, 5.41) is 1.73. The standard InChI is InChI=1S/C26H24N2O4/c1-15-4-7-19(13-20(15)17-5-3-16(2)21(11-17)24(27)29)28-25(30)26(9-10-26)18-6-8-22-23(12-18)32-14-31-22/h3-8,11-13H,9-10,14H2,1-2H3,(H2,27,29)(H,28,30)/p+1. The summed E-state index contributed by atoms with van der Waals surface area (Å²) in [5.74, 6) is 1.06. The van der Waals surface area contributed by atoms with Crippen LogP contribution in [0.5, 0.6) is 11.5 Å². The van der Waals surface area contributed by atoms with Crippen molar-refractivity contribution in [1.29, 1.82) is 0 Å². The molecule has 1 heterocycles. The summed E-state index contributed by atoms with van der Waals surface area (Å²) >= 11 is 0. The van der Waals surface area contributed by atoms with Gasteiger partial charge in [-0.3, -0.25) is 10.1 Å². The number of hydrogen-bond acceptors (Lipinski definition) is 4. The first-order valence-electron chi connectivity index (χ1n) is 10.7. The van der Waals surface area contributed by atoms with Crippen molar-refractivity contribution in [2.45, 2.75) is 32.1 Å². The molecule has 0 aromatic heterocycles. The third-order valence-electron chi connectivity index (χ3n) is 6.52. The molecule has 3 aromatic rings. The molecule has 1 aliphatic heterocycles. The highest BCUT2D eigenvalue weighted by atomic mass is 16.7. The Balaban J connectivity index is 1.43. The van der Waals surface area contributed by atoms with Crippen LogP contribution >= 0.6 is 0 Å². The Morgan fingerprint density at radius 1 is 0.906 bits per heavy atom. The summed E-state index contributed by atoms with van der Waals surface area (Å²) in [7, 11) is 0. The summed E-state index contributed by atoms with van der Waals surface area (Å²) in [6.45, 7) is 4.10. The number of carbonyl (C=O) groups excluding carboxylic acids is 2. The van der Waals surface area contributed by atoms with Gasteiger partial charge < -0.3 is 15.2 Å². The third-order valence-corrected chi connectivity index (χ3v) is 6.52. The van der Waals surface area contributed by atoms with Gasteiger partial charge in [0, 0.05) is 11.6 Å². The maximum atomic E-state index is 13.3. The maximum Gasteiger partial charge on any atom is 0.326 e. The van der Waals surface area contributed by atoms with E-state index in [2.05, 4.69) is 0 Å². The Morgan fingerprint density at radius 3 is 2.41 bits per heavy atom. The predicted molar refractivity (Wildman–Crippen MR) is 120 cm³/mol. The van der Waals surface area contributed by atoms with E-state index >= 15 is 0 Å². The fraction of sp³-hybridized carbons (Fsp3) is 0.231. The summed E-state index contributed by atoms with van der Waals surface area (Å²) in [4.78, 5) is 25.1.